The number of allylic oxidation sites excluding steroid dienone is 2. The molecule has 0 bridgehead atoms. The SMILES string of the molecule is C/C=C(\C)c1ccc(-c2ccc(-c3cnc([C@@H]4C[C@H](S(=O)[O-])CN4)[nH]3)cc2)cc1. The number of hydrogen-bond donors (Lipinski definition) is 2. The highest BCUT2D eigenvalue weighted by molar-refractivity contribution is 7.79. The van der Waals surface area contributed by atoms with E-state index in [1.54, 1.807) is 0 Å². The van der Waals surface area contributed by atoms with Crippen molar-refractivity contribution in [3.63, 3.8) is 0 Å². The van der Waals surface area contributed by atoms with Crippen molar-refractivity contribution in [3.05, 3.63) is 72.2 Å². The van der Waals surface area contributed by atoms with E-state index in [0.717, 1.165) is 22.6 Å². The summed E-state index contributed by atoms with van der Waals surface area (Å²) in [6.45, 7) is 4.64. The topological polar surface area (TPSA) is 80.8 Å². The quantitative estimate of drug-likeness (QED) is 0.614. The fourth-order valence-corrected chi connectivity index (χ4v) is 4.23. The second-order valence-electron chi connectivity index (χ2n) is 7.39. The van der Waals surface area contributed by atoms with Crippen LogP contribution < -0.4 is 5.32 Å². The van der Waals surface area contributed by atoms with Crippen LogP contribution in [0.3, 0.4) is 0 Å². The highest BCUT2D eigenvalue weighted by Gasteiger charge is 2.27. The minimum atomic E-state index is -2.05. The fourth-order valence-electron chi connectivity index (χ4n) is 3.65. The molecule has 1 aliphatic heterocycles. The minimum absolute atomic E-state index is 0.0509. The van der Waals surface area contributed by atoms with Crippen LogP contribution in [0.5, 0.6) is 0 Å². The molecule has 2 aromatic carbocycles. The summed E-state index contributed by atoms with van der Waals surface area (Å²) in [5.41, 5.74) is 6.83. The van der Waals surface area contributed by atoms with Crippen LogP contribution in [-0.4, -0.2) is 30.5 Å². The van der Waals surface area contributed by atoms with Crippen LogP contribution in [0.25, 0.3) is 28.0 Å². The zero-order valence-corrected chi connectivity index (χ0v) is 17.3. The van der Waals surface area contributed by atoms with Gasteiger partial charge in [0.2, 0.25) is 0 Å². The van der Waals surface area contributed by atoms with Crippen LogP contribution in [-0.2, 0) is 11.1 Å². The highest BCUT2D eigenvalue weighted by Crippen LogP contribution is 2.28. The maximum atomic E-state index is 11.1. The minimum Gasteiger partial charge on any atom is -0.772 e. The molecule has 3 aromatic rings. The van der Waals surface area contributed by atoms with Crippen molar-refractivity contribution in [2.24, 2.45) is 0 Å². The van der Waals surface area contributed by atoms with E-state index >= 15 is 0 Å². The summed E-state index contributed by atoms with van der Waals surface area (Å²) >= 11 is -2.05. The Labute approximate surface area is 173 Å². The zero-order chi connectivity index (χ0) is 20.4. The van der Waals surface area contributed by atoms with Gasteiger partial charge in [0.25, 0.3) is 0 Å². The Kier molecular flexibility index (Phi) is 5.76. The Morgan fingerprint density at radius 1 is 1.10 bits per heavy atom. The molecule has 3 atom stereocenters. The number of benzene rings is 2. The molecule has 0 saturated carbocycles. The molecule has 0 aliphatic carbocycles. The first-order chi connectivity index (χ1) is 14.0. The van der Waals surface area contributed by atoms with E-state index in [0.29, 0.717) is 13.0 Å². The normalized spacial score (nSPS) is 20.7. The van der Waals surface area contributed by atoms with E-state index in [1.165, 1.54) is 16.7 Å². The standard InChI is InChI=1S/C23H25N3O2S/c1-3-15(2)16-4-6-17(7-5-16)18-8-10-19(11-9-18)22-14-25-23(26-22)21-12-20(13-24-21)29(27)28/h3-11,14,20-21,24H,12-13H2,1-2H3,(H,25,26)(H,27,28)/p-1/b15-3+/t20-,21-/m0/s1. The fraction of sp³-hybridized carbons (Fsp3) is 0.261. The number of rotatable bonds is 5. The van der Waals surface area contributed by atoms with Crippen molar-refractivity contribution in [2.75, 3.05) is 6.54 Å². The number of aromatic nitrogens is 2. The molecule has 1 aromatic heterocycles. The summed E-state index contributed by atoms with van der Waals surface area (Å²) in [5, 5.41) is 2.87. The van der Waals surface area contributed by atoms with Crippen molar-refractivity contribution in [3.8, 4) is 22.4 Å². The molecule has 1 unspecified atom stereocenters. The van der Waals surface area contributed by atoms with Crippen molar-refractivity contribution < 1.29 is 8.76 Å². The Morgan fingerprint density at radius 2 is 1.72 bits per heavy atom. The van der Waals surface area contributed by atoms with Gasteiger partial charge in [0.05, 0.1) is 17.9 Å². The molecule has 5 nitrogen and oxygen atoms in total. The van der Waals surface area contributed by atoms with Gasteiger partial charge in [0.1, 0.15) is 5.82 Å². The lowest BCUT2D eigenvalue weighted by Crippen LogP contribution is -2.18. The number of hydrogen-bond acceptors (Lipinski definition) is 4. The molecule has 6 heteroatoms. The van der Waals surface area contributed by atoms with Crippen molar-refractivity contribution in [1.29, 1.82) is 0 Å². The van der Waals surface area contributed by atoms with Gasteiger partial charge in [-0.3, -0.25) is 4.21 Å². The molecule has 1 aliphatic rings. The predicted octanol–water partition coefficient (Wildman–Crippen LogP) is 4.45. The lowest BCUT2D eigenvalue weighted by Gasteiger charge is -2.11. The number of nitrogens with one attached hydrogen (secondary N) is 2. The van der Waals surface area contributed by atoms with Crippen molar-refractivity contribution in [1.82, 2.24) is 15.3 Å². The van der Waals surface area contributed by atoms with Gasteiger partial charge in [-0.2, -0.15) is 0 Å². The molecule has 0 spiro atoms. The number of H-pyrrole nitrogens is 1. The maximum absolute atomic E-state index is 11.1. The Bertz CT molecular complexity index is 1040. The second-order valence-corrected chi connectivity index (χ2v) is 8.58. The molecule has 150 valence electrons. The van der Waals surface area contributed by atoms with E-state index in [4.69, 9.17) is 0 Å². The first-order valence-corrected chi connectivity index (χ1v) is 10.9. The van der Waals surface area contributed by atoms with Gasteiger partial charge in [-0.15, -0.1) is 0 Å². The van der Waals surface area contributed by atoms with Gasteiger partial charge in [-0.05, 0) is 48.1 Å². The summed E-state index contributed by atoms with van der Waals surface area (Å²) < 4.78 is 22.3. The second kappa shape index (κ2) is 8.45. The Morgan fingerprint density at radius 3 is 2.31 bits per heavy atom. The molecule has 2 heterocycles. The lowest BCUT2D eigenvalue weighted by atomic mass is 10.00. The average Bonchev–Trinajstić information content (AvgIpc) is 3.43. The number of nitrogens with zero attached hydrogens (tertiary/aromatic N) is 1. The number of aromatic amines is 1. The van der Waals surface area contributed by atoms with E-state index < -0.39 is 11.1 Å². The van der Waals surface area contributed by atoms with Crippen LogP contribution >= 0.6 is 0 Å². The molecule has 0 radical (unpaired) electrons. The Hall–Kier alpha value is -2.54. The summed E-state index contributed by atoms with van der Waals surface area (Å²) in [4.78, 5) is 7.79. The van der Waals surface area contributed by atoms with Gasteiger partial charge in [-0.1, -0.05) is 65.7 Å². The van der Waals surface area contributed by atoms with Crippen LogP contribution in [0, 0.1) is 0 Å². The zero-order valence-electron chi connectivity index (χ0n) is 16.5. The number of imidazole rings is 1. The monoisotopic (exact) mass is 406 g/mol. The van der Waals surface area contributed by atoms with Crippen molar-refractivity contribution in [2.45, 2.75) is 31.6 Å². The van der Waals surface area contributed by atoms with Gasteiger partial charge < -0.3 is 14.9 Å². The third-order valence-corrected chi connectivity index (χ3v) is 6.49. The molecular weight excluding hydrogens is 382 g/mol. The van der Waals surface area contributed by atoms with E-state index in [-0.39, 0.29) is 11.3 Å². The summed E-state index contributed by atoms with van der Waals surface area (Å²) in [7, 11) is 0. The molecule has 4 rings (SSSR count). The molecule has 29 heavy (non-hydrogen) atoms. The molecule has 0 amide bonds. The van der Waals surface area contributed by atoms with Gasteiger partial charge in [0.15, 0.2) is 0 Å². The van der Waals surface area contributed by atoms with Crippen LogP contribution in [0.2, 0.25) is 0 Å². The van der Waals surface area contributed by atoms with Crippen molar-refractivity contribution >= 4 is 16.7 Å². The molecule has 1 saturated heterocycles. The highest BCUT2D eigenvalue weighted by atomic mass is 32.2. The van der Waals surface area contributed by atoms with Crippen LogP contribution in [0.1, 0.15) is 37.7 Å². The van der Waals surface area contributed by atoms with Gasteiger partial charge in [0, 0.05) is 11.8 Å². The summed E-state index contributed by atoms with van der Waals surface area (Å²) in [5.74, 6) is 0.784. The predicted molar refractivity (Wildman–Crippen MR) is 117 cm³/mol. The van der Waals surface area contributed by atoms with Gasteiger partial charge >= 0.3 is 0 Å². The van der Waals surface area contributed by atoms with E-state index in [2.05, 4.69) is 83.7 Å². The maximum Gasteiger partial charge on any atom is 0.123 e. The molecule has 1 fully saturated rings. The third-order valence-electron chi connectivity index (χ3n) is 5.59. The van der Waals surface area contributed by atoms with E-state index in [9.17, 15) is 8.76 Å². The first kappa shape index (κ1) is 19.8. The van der Waals surface area contributed by atoms with E-state index in [1.807, 2.05) is 6.20 Å². The third kappa shape index (κ3) is 4.24. The van der Waals surface area contributed by atoms with Crippen LogP contribution in [0.15, 0.2) is 60.8 Å². The molecular formula is C23H24N3O2S-. The van der Waals surface area contributed by atoms with Crippen LogP contribution in [0.4, 0.5) is 0 Å². The average molecular weight is 407 g/mol. The van der Waals surface area contributed by atoms with Gasteiger partial charge in [-0.25, -0.2) is 4.98 Å². The first-order valence-electron chi connectivity index (χ1n) is 9.75. The lowest BCUT2D eigenvalue weighted by molar-refractivity contribution is 0.523. The smallest absolute Gasteiger partial charge is 0.123 e. The summed E-state index contributed by atoms with van der Waals surface area (Å²) in [6.07, 6.45) is 4.47. The largest absolute Gasteiger partial charge is 0.772 e. The molecule has 2 N–H and O–H groups in total. The summed E-state index contributed by atoms with van der Waals surface area (Å²) in [6, 6.07) is 16.9. The Balaban J connectivity index is 1.49.